The molecule has 152 valence electrons. The summed E-state index contributed by atoms with van der Waals surface area (Å²) in [5, 5.41) is 16.7. The summed E-state index contributed by atoms with van der Waals surface area (Å²) in [6.45, 7) is 4.67. The Morgan fingerprint density at radius 1 is 1.37 bits per heavy atom. The number of halogens is 3. The van der Waals surface area contributed by atoms with Crippen LogP contribution in [0.25, 0.3) is 0 Å². The minimum absolute atomic E-state index is 0.0955. The first kappa shape index (κ1) is 20.0. The molecular formula is C16H23F3N4O4. The van der Waals surface area contributed by atoms with Crippen LogP contribution in [0.3, 0.4) is 0 Å². The van der Waals surface area contributed by atoms with E-state index in [0.29, 0.717) is 39.0 Å². The Balaban J connectivity index is 1.62. The zero-order valence-corrected chi connectivity index (χ0v) is 15.2. The molecule has 3 heterocycles. The number of aliphatic hydroxyl groups excluding tert-OH is 1. The van der Waals surface area contributed by atoms with Gasteiger partial charge in [0.15, 0.2) is 0 Å². The highest BCUT2D eigenvalue weighted by atomic mass is 19.4. The van der Waals surface area contributed by atoms with Crippen LogP contribution in [0.2, 0.25) is 0 Å². The molecule has 2 aliphatic rings. The third kappa shape index (κ3) is 4.09. The van der Waals surface area contributed by atoms with Crippen molar-refractivity contribution in [2.24, 2.45) is 0 Å². The van der Waals surface area contributed by atoms with E-state index >= 15 is 0 Å². The first-order valence-electron chi connectivity index (χ1n) is 8.77. The number of rotatable bonds is 3. The van der Waals surface area contributed by atoms with E-state index in [1.165, 1.54) is 6.92 Å². The molecule has 1 aromatic heterocycles. The molecule has 0 unspecified atom stereocenters. The van der Waals surface area contributed by atoms with Crippen LogP contribution < -0.4 is 5.32 Å². The third-order valence-corrected chi connectivity index (χ3v) is 5.36. The second-order valence-electron chi connectivity index (χ2n) is 7.45. The summed E-state index contributed by atoms with van der Waals surface area (Å²) in [6, 6.07) is 0. The predicted molar refractivity (Wildman–Crippen MR) is 85.3 cm³/mol. The Bertz CT molecular complexity index is 687. The molecule has 2 saturated heterocycles. The molecule has 0 radical (unpaired) electrons. The Hall–Kier alpha value is -1.72. The van der Waals surface area contributed by atoms with Gasteiger partial charge in [0.05, 0.1) is 17.7 Å². The van der Waals surface area contributed by atoms with Crippen molar-refractivity contribution >= 4 is 5.91 Å². The lowest BCUT2D eigenvalue weighted by atomic mass is 9.73. The lowest BCUT2D eigenvalue weighted by Gasteiger charge is -2.53. The van der Waals surface area contributed by atoms with Crippen molar-refractivity contribution in [2.75, 3.05) is 19.7 Å². The van der Waals surface area contributed by atoms with Gasteiger partial charge in [0.25, 0.3) is 5.82 Å². The van der Waals surface area contributed by atoms with Crippen LogP contribution in [0.15, 0.2) is 4.52 Å². The van der Waals surface area contributed by atoms with E-state index in [1.807, 2.05) is 4.90 Å². The average molecular weight is 392 g/mol. The number of alkyl halides is 3. The summed E-state index contributed by atoms with van der Waals surface area (Å²) >= 11 is 0. The van der Waals surface area contributed by atoms with Gasteiger partial charge in [-0.2, -0.15) is 18.2 Å². The topological polar surface area (TPSA) is 101 Å². The smallest absolute Gasteiger partial charge is 0.388 e. The maximum atomic E-state index is 12.6. The third-order valence-electron chi connectivity index (χ3n) is 5.36. The summed E-state index contributed by atoms with van der Waals surface area (Å²) in [6.07, 6.45) is -4.07. The number of hydrogen-bond donors (Lipinski definition) is 2. The van der Waals surface area contributed by atoms with Crippen LogP contribution in [0.5, 0.6) is 0 Å². The van der Waals surface area contributed by atoms with E-state index in [0.717, 1.165) is 0 Å². The molecule has 2 aliphatic heterocycles. The van der Waals surface area contributed by atoms with Gasteiger partial charge < -0.3 is 19.7 Å². The Morgan fingerprint density at radius 2 is 2.04 bits per heavy atom. The van der Waals surface area contributed by atoms with Gasteiger partial charge in [-0.1, -0.05) is 5.16 Å². The molecule has 2 fully saturated rings. The number of aliphatic hydroxyl groups is 1. The number of piperidine rings is 1. The van der Waals surface area contributed by atoms with E-state index in [2.05, 4.69) is 20.0 Å². The Labute approximate surface area is 154 Å². The molecule has 1 amide bonds. The Morgan fingerprint density at radius 3 is 2.59 bits per heavy atom. The molecule has 0 aliphatic carbocycles. The standard InChI is InChI=1S/C16H23F3N4O4/c1-10(24)21-14(2)5-8-26-15(12(14)25)3-6-23(7-4-15)9-11-20-13(22-27-11)16(17,18)19/h12,25H,3-9H2,1-2H3,(H,21,24)/t12-,14+/m1/s1. The summed E-state index contributed by atoms with van der Waals surface area (Å²) in [5.74, 6) is -1.61. The van der Waals surface area contributed by atoms with Gasteiger partial charge in [0.2, 0.25) is 11.8 Å². The molecule has 27 heavy (non-hydrogen) atoms. The van der Waals surface area contributed by atoms with E-state index in [4.69, 9.17) is 4.74 Å². The molecule has 2 N–H and O–H groups in total. The number of ether oxygens (including phenoxy) is 1. The van der Waals surface area contributed by atoms with Crippen molar-refractivity contribution in [3.8, 4) is 0 Å². The number of nitrogens with zero attached hydrogens (tertiary/aromatic N) is 3. The number of carbonyl (C=O) groups excluding carboxylic acids is 1. The van der Waals surface area contributed by atoms with Crippen LogP contribution in [-0.2, 0) is 22.3 Å². The van der Waals surface area contributed by atoms with Gasteiger partial charge in [-0.05, 0) is 26.2 Å². The van der Waals surface area contributed by atoms with Gasteiger partial charge in [-0.3, -0.25) is 9.69 Å². The maximum absolute atomic E-state index is 12.6. The number of nitrogens with one attached hydrogen (secondary N) is 1. The van der Waals surface area contributed by atoms with E-state index < -0.39 is 29.2 Å². The maximum Gasteiger partial charge on any atom is 0.455 e. The zero-order chi connectivity index (χ0) is 19.9. The minimum atomic E-state index is -4.64. The van der Waals surface area contributed by atoms with Gasteiger partial charge in [0.1, 0.15) is 6.10 Å². The van der Waals surface area contributed by atoms with Crippen LogP contribution in [0.1, 0.15) is 44.8 Å². The lowest BCUT2D eigenvalue weighted by molar-refractivity contribution is -0.208. The van der Waals surface area contributed by atoms with E-state index in [9.17, 15) is 23.1 Å². The lowest BCUT2D eigenvalue weighted by Crippen LogP contribution is -2.69. The fourth-order valence-electron chi connectivity index (χ4n) is 3.93. The van der Waals surface area contributed by atoms with E-state index in [1.54, 1.807) is 6.92 Å². The van der Waals surface area contributed by atoms with E-state index in [-0.39, 0.29) is 18.3 Å². The quantitative estimate of drug-likeness (QED) is 0.794. The predicted octanol–water partition coefficient (Wildman–Crippen LogP) is 1.10. The molecule has 2 atom stereocenters. The highest BCUT2D eigenvalue weighted by Gasteiger charge is 2.53. The molecule has 0 saturated carbocycles. The van der Waals surface area contributed by atoms with Gasteiger partial charge in [0, 0.05) is 26.6 Å². The minimum Gasteiger partial charge on any atom is -0.388 e. The number of likely N-dealkylation sites (tertiary alicyclic amines) is 1. The molecule has 0 bridgehead atoms. The largest absolute Gasteiger partial charge is 0.455 e. The number of carbonyl (C=O) groups is 1. The summed E-state index contributed by atoms with van der Waals surface area (Å²) in [7, 11) is 0. The summed E-state index contributed by atoms with van der Waals surface area (Å²) in [5.41, 5.74) is -1.57. The van der Waals surface area contributed by atoms with Crippen molar-refractivity contribution in [1.82, 2.24) is 20.4 Å². The number of hydrogen-bond acceptors (Lipinski definition) is 7. The summed E-state index contributed by atoms with van der Waals surface area (Å²) in [4.78, 5) is 16.7. The van der Waals surface area contributed by atoms with Crippen LogP contribution >= 0.6 is 0 Å². The van der Waals surface area contributed by atoms with Crippen LogP contribution in [0.4, 0.5) is 13.2 Å². The molecule has 8 nitrogen and oxygen atoms in total. The second-order valence-corrected chi connectivity index (χ2v) is 7.45. The highest BCUT2D eigenvalue weighted by Crippen LogP contribution is 2.40. The first-order valence-corrected chi connectivity index (χ1v) is 8.77. The van der Waals surface area contributed by atoms with Crippen LogP contribution in [-0.4, -0.2) is 63.0 Å². The van der Waals surface area contributed by atoms with Crippen molar-refractivity contribution in [2.45, 2.75) is 63.1 Å². The van der Waals surface area contributed by atoms with Crippen molar-refractivity contribution in [3.63, 3.8) is 0 Å². The number of amides is 1. The van der Waals surface area contributed by atoms with Crippen LogP contribution in [0, 0.1) is 0 Å². The van der Waals surface area contributed by atoms with Crippen molar-refractivity contribution in [1.29, 1.82) is 0 Å². The monoisotopic (exact) mass is 392 g/mol. The SMILES string of the molecule is CC(=O)N[C@@]1(C)CCOC2(CCN(Cc3nc(C(F)(F)F)no3)CC2)[C@@H]1O. The average Bonchev–Trinajstić information content (AvgIpc) is 3.03. The molecule has 1 spiro atoms. The second kappa shape index (κ2) is 7.02. The van der Waals surface area contributed by atoms with Gasteiger partial charge in [-0.15, -0.1) is 0 Å². The normalized spacial score (nSPS) is 29.0. The van der Waals surface area contributed by atoms with Crippen molar-refractivity contribution < 1.29 is 32.3 Å². The summed E-state index contributed by atoms with van der Waals surface area (Å²) < 4.78 is 48.2. The molecular weight excluding hydrogens is 369 g/mol. The first-order chi connectivity index (χ1) is 12.5. The molecule has 3 rings (SSSR count). The van der Waals surface area contributed by atoms with Gasteiger partial charge in [-0.25, -0.2) is 0 Å². The fraction of sp³-hybridized carbons (Fsp3) is 0.812. The van der Waals surface area contributed by atoms with Crippen molar-refractivity contribution in [3.05, 3.63) is 11.7 Å². The number of aromatic nitrogens is 2. The Kier molecular flexibility index (Phi) is 5.21. The fourth-order valence-corrected chi connectivity index (χ4v) is 3.93. The molecule has 1 aromatic rings. The zero-order valence-electron chi connectivity index (χ0n) is 15.2. The highest BCUT2D eigenvalue weighted by molar-refractivity contribution is 5.74. The molecule has 0 aromatic carbocycles. The van der Waals surface area contributed by atoms with Gasteiger partial charge >= 0.3 is 6.18 Å². The molecule has 11 heteroatoms.